The van der Waals surface area contributed by atoms with Gasteiger partial charge >= 0.3 is 0 Å². The van der Waals surface area contributed by atoms with Crippen LogP contribution in [0.1, 0.15) is 18.2 Å². The van der Waals surface area contributed by atoms with Crippen LogP contribution in [0.4, 0.5) is 0 Å². The molecule has 0 saturated carbocycles. The minimum absolute atomic E-state index is 0.406. The second-order valence-corrected chi connectivity index (χ2v) is 5.42. The predicted molar refractivity (Wildman–Crippen MR) is 86.6 cm³/mol. The highest BCUT2D eigenvalue weighted by Crippen LogP contribution is 2.29. The zero-order valence-corrected chi connectivity index (χ0v) is 13.6. The topological polar surface area (TPSA) is 57.4 Å². The van der Waals surface area contributed by atoms with Crippen molar-refractivity contribution in [1.29, 1.82) is 0 Å². The fourth-order valence-electron chi connectivity index (χ4n) is 1.91. The lowest BCUT2D eigenvalue weighted by Crippen LogP contribution is -2.04. The van der Waals surface area contributed by atoms with Crippen molar-refractivity contribution < 1.29 is 9.47 Å². The maximum absolute atomic E-state index is 5.81. The highest BCUT2D eigenvalue weighted by molar-refractivity contribution is 9.10. The number of rotatable bonds is 7. The van der Waals surface area contributed by atoms with Gasteiger partial charge < -0.3 is 15.2 Å². The molecule has 5 heteroatoms. The molecule has 0 saturated heterocycles. The summed E-state index contributed by atoms with van der Waals surface area (Å²) in [4.78, 5) is 4.29. The van der Waals surface area contributed by atoms with Gasteiger partial charge in [-0.1, -0.05) is 6.07 Å². The molecule has 1 aromatic carbocycles. The monoisotopic (exact) mass is 350 g/mol. The normalized spacial score (nSPS) is 10.4. The number of hydrogen-bond donors (Lipinski definition) is 1. The largest absolute Gasteiger partial charge is 0.490 e. The van der Waals surface area contributed by atoms with Crippen molar-refractivity contribution in [2.75, 3.05) is 13.2 Å². The van der Waals surface area contributed by atoms with E-state index in [0.717, 1.165) is 33.6 Å². The summed E-state index contributed by atoms with van der Waals surface area (Å²) >= 11 is 3.36. The summed E-state index contributed by atoms with van der Waals surface area (Å²) in [6, 6.07) is 9.79. The Labute approximate surface area is 133 Å². The van der Waals surface area contributed by atoms with E-state index in [1.54, 1.807) is 6.20 Å². The van der Waals surface area contributed by atoms with Crippen LogP contribution >= 0.6 is 15.9 Å². The van der Waals surface area contributed by atoms with E-state index in [-0.39, 0.29) is 0 Å². The number of nitrogens with two attached hydrogens (primary N) is 1. The van der Waals surface area contributed by atoms with E-state index < -0.39 is 0 Å². The summed E-state index contributed by atoms with van der Waals surface area (Å²) in [6.07, 6.45) is 2.58. The predicted octanol–water partition coefficient (Wildman–Crippen LogP) is 3.32. The van der Waals surface area contributed by atoms with Crippen molar-refractivity contribution in [3.05, 3.63) is 52.3 Å². The average Bonchev–Trinajstić information content (AvgIpc) is 2.49. The van der Waals surface area contributed by atoms with Gasteiger partial charge in [-0.25, -0.2) is 0 Å². The Morgan fingerprint density at radius 1 is 1.14 bits per heavy atom. The van der Waals surface area contributed by atoms with E-state index in [0.29, 0.717) is 19.8 Å². The summed E-state index contributed by atoms with van der Waals surface area (Å²) < 4.78 is 12.4. The highest BCUT2D eigenvalue weighted by atomic mass is 79.9. The van der Waals surface area contributed by atoms with Crippen molar-refractivity contribution in [3.63, 3.8) is 0 Å². The van der Waals surface area contributed by atoms with Gasteiger partial charge in [-0.05, 0) is 65.6 Å². The third-order valence-corrected chi connectivity index (χ3v) is 3.37. The van der Waals surface area contributed by atoms with Crippen LogP contribution in [0.25, 0.3) is 0 Å². The molecule has 2 rings (SSSR count). The van der Waals surface area contributed by atoms with Crippen LogP contribution in [0.5, 0.6) is 11.5 Å². The Morgan fingerprint density at radius 3 is 2.67 bits per heavy atom. The van der Waals surface area contributed by atoms with Crippen molar-refractivity contribution in [1.82, 2.24) is 4.98 Å². The maximum Gasteiger partial charge on any atom is 0.161 e. The SMILES string of the molecule is CCOc1cc(CCN)ccc1OCc1ccc(Br)cn1. The Kier molecular flexibility index (Phi) is 6.02. The van der Waals surface area contributed by atoms with Gasteiger partial charge in [0.15, 0.2) is 11.5 Å². The maximum atomic E-state index is 5.81. The number of pyridine rings is 1. The molecule has 0 aliphatic heterocycles. The molecule has 0 spiro atoms. The second-order valence-electron chi connectivity index (χ2n) is 4.51. The van der Waals surface area contributed by atoms with E-state index in [1.165, 1.54) is 0 Å². The van der Waals surface area contributed by atoms with Crippen LogP contribution < -0.4 is 15.2 Å². The van der Waals surface area contributed by atoms with E-state index in [2.05, 4.69) is 20.9 Å². The fraction of sp³-hybridized carbons (Fsp3) is 0.312. The van der Waals surface area contributed by atoms with E-state index in [9.17, 15) is 0 Å². The minimum Gasteiger partial charge on any atom is -0.490 e. The third-order valence-electron chi connectivity index (χ3n) is 2.91. The zero-order valence-electron chi connectivity index (χ0n) is 12.0. The van der Waals surface area contributed by atoms with Crippen LogP contribution in [0, 0.1) is 0 Å². The molecule has 0 amide bonds. The molecule has 0 aliphatic rings. The summed E-state index contributed by atoms with van der Waals surface area (Å²) in [7, 11) is 0. The number of aromatic nitrogens is 1. The summed E-state index contributed by atoms with van der Waals surface area (Å²) in [5.74, 6) is 1.47. The smallest absolute Gasteiger partial charge is 0.161 e. The number of halogens is 1. The third kappa shape index (κ3) is 4.72. The number of ether oxygens (including phenoxy) is 2. The van der Waals surface area contributed by atoms with E-state index in [4.69, 9.17) is 15.2 Å². The fourth-order valence-corrected chi connectivity index (χ4v) is 2.14. The molecule has 4 nitrogen and oxygen atoms in total. The van der Waals surface area contributed by atoms with Gasteiger partial charge in [0.05, 0.1) is 12.3 Å². The van der Waals surface area contributed by atoms with Gasteiger partial charge in [-0.15, -0.1) is 0 Å². The first-order valence-electron chi connectivity index (χ1n) is 6.92. The van der Waals surface area contributed by atoms with Crippen molar-refractivity contribution in [2.24, 2.45) is 5.73 Å². The summed E-state index contributed by atoms with van der Waals surface area (Å²) in [6.45, 7) is 3.58. The van der Waals surface area contributed by atoms with Crippen LogP contribution in [0.3, 0.4) is 0 Å². The molecule has 0 unspecified atom stereocenters. The second kappa shape index (κ2) is 8.00. The molecule has 112 valence electrons. The quantitative estimate of drug-likeness (QED) is 0.831. The Balaban J connectivity index is 2.09. The molecule has 0 bridgehead atoms. The van der Waals surface area contributed by atoms with Crippen molar-refractivity contribution in [3.8, 4) is 11.5 Å². The molecule has 2 aromatic rings. The Bertz CT molecular complexity index is 573. The average molecular weight is 351 g/mol. The molecule has 0 fully saturated rings. The van der Waals surface area contributed by atoms with Gasteiger partial charge in [-0.2, -0.15) is 0 Å². The van der Waals surface area contributed by atoms with Crippen LogP contribution in [-0.4, -0.2) is 18.1 Å². The summed E-state index contributed by atoms with van der Waals surface area (Å²) in [5, 5.41) is 0. The van der Waals surface area contributed by atoms with Gasteiger partial charge in [-0.3, -0.25) is 4.98 Å². The molecular formula is C16H19BrN2O2. The highest BCUT2D eigenvalue weighted by Gasteiger charge is 2.07. The molecule has 2 N–H and O–H groups in total. The molecule has 1 aromatic heterocycles. The molecule has 1 heterocycles. The standard InChI is InChI=1S/C16H19BrN2O2/c1-2-20-16-9-12(7-8-18)3-6-15(16)21-11-14-5-4-13(17)10-19-14/h3-6,9-10H,2,7-8,11,18H2,1H3. The van der Waals surface area contributed by atoms with E-state index in [1.807, 2.05) is 37.3 Å². The first-order chi connectivity index (χ1) is 10.2. The Hall–Kier alpha value is -1.59. The molecule has 0 atom stereocenters. The first-order valence-corrected chi connectivity index (χ1v) is 7.71. The Morgan fingerprint density at radius 2 is 2.00 bits per heavy atom. The molecule has 0 aliphatic carbocycles. The van der Waals surface area contributed by atoms with Crippen LogP contribution in [0.15, 0.2) is 41.0 Å². The van der Waals surface area contributed by atoms with Crippen LogP contribution in [0.2, 0.25) is 0 Å². The first kappa shape index (κ1) is 15.8. The number of benzene rings is 1. The molecular weight excluding hydrogens is 332 g/mol. The van der Waals surface area contributed by atoms with Gasteiger partial charge in [0.25, 0.3) is 0 Å². The van der Waals surface area contributed by atoms with Crippen LogP contribution in [-0.2, 0) is 13.0 Å². The number of hydrogen-bond acceptors (Lipinski definition) is 4. The van der Waals surface area contributed by atoms with Crippen molar-refractivity contribution >= 4 is 15.9 Å². The zero-order chi connectivity index (χ0) is 15.1. The molecule has 21 heavy (non-hydrogen) atoms. The van der Waals surface area contributed by atoms with E-state index >= 15 is 0 Å². The number of nitrogens with zero attached hydrogens (tertiary/aromatic N) is 1. The van der Waals surface area contributed by atoms with Crippen molar-refractivity contribution in [2.45, 2.75) is 20.0 Å². The lowest BCUT2D eigenvalue weighted by Gasteiger charge is -2.13. The lowest BCUT2D eigenvalue weighted by atomic mass is 10.1. The lowest BCUT2D eigenvalue weighted by molar-refractivity contribution is 0.266. The van der Waals surface area contributed by atoms with Gasteiger partial charge in [0.2, 0.25) is 0 Å². The van der Waals surface area contributed by atoms with Gasteiger partial charge in [0.1, 0.15) is 6.61 Å². The van der Waals surface area contributed by atoms with Gasteiger partial charge in [0, 0.05) is 10.7 Å². The molecule has 0 radical (unpaired) electrons. The minimum atomic E-state index is 0.406. The summed E-state index contributed by atoms with van der Waals surface area (Å²) in [5.41, 5.74) is 7.60.